The molecule has 2 unspecified atom stereocenters. The number of rotatable bonds is 1. The largest absolute Gasteiger partial charge is 0.329 e. The molecule has 2 N–H and O–H groups in total. The summed E-state index contributed by atoms with van der Waals surface area (Å²) in [5, 5.41) is 0. The maximum Gasteiger partial charge on any atom is 0.206 e. The van der Waals surface area contributed by atoms with Gasteiger partial charge in [0.15, 0.2) is 0 Å². The fourth-order valence-electron chi connectivity index (χ4n) is 3.12. The molecule has 2 atom stereocenters. The first-order chi connectivity index (χ1) is 5.97. The molecule has 3 heteroatoms. The van der Waals surface area contributed by atoms with Crippen molar-refractivity contribution in [2.75, 3.05) is 6.54 Å². The van der Waals surface area contributed by atoms with E-state index in [1.165, 1.54) is 0 Å². The van der Waals surface area contributed by atoms with E-state index >= 15 is 0 Å². The fraction of sp³-hybridized carbons (Fsp3) is 0.800. The average molecular weight is 181 g/mol. The Labute approximate surface area is 77.7 Å². The van der Waals surface area contributed by atoms with Crippen LogP contribution in [0.2, 0.25) is 0 Å². The molecule has 0 spiro atoms. The molecule has 0 aromatic heterocycles. The summed E-state index contributed by atoms with van der Waals surface area (Å²) in [6, 6.07) is 0. The van der Waals surface area contributed by atoms with Gasteiger partial charge < -0.3 is 5.73 Å². The molecule has 0 radical (unpaired) electrons. The first-order valence-electron chi connectivity index (χ1n) is 4.76. The van der Waals surface area contributed by atoms with Crippen molar-refractivity contribution in [1.82, 2.24) is 0 Å². The maximum absolute atomic E-state index is 11.7. The standard InChI is InChI=1S/C10H15NO2/c1-9(2)6-3-4-10(9,5-11)8(13)7(6)12/h6H,3-5,11H2,1-2H3. The Balaban J connectivity index is 2.56. The first kappa shape index (κ1) is 8.88. The summed E-state index contributed by atoms with van der Waals surface area (Å²) in [4.78, 5) is 23.2. The van der Waals surface area contributed by atoms with Gasteiger partial charge in [0, 0.05) is 12.5 Å². The van der Waals surface area contributed by atoms with Crippen LogP contribution < -0.4 is 5.73 Å². The minimum Gasteiger partial charge on any atom is -0.329 e. The Hall–Kier alpha value is -0.700. The van der Waals surface area contributed by atoms with Crippen molar-refractivity contribution < 1.29 is 9.59 Å². The van der Waals surface area contributed by atoms with E-state index in [4.69, 9.17) is 5.73 Å². The molecule has 0 amide bonds. The summed E-state index contributed by atoms with van der Waals surface area (Å²) in [5.74, 6) is -0.457. The monoisotopic (exact) mass is 181 g/mol. The zero-order valence-corrected chi connectivity index (χ0v) is 8.09. The zero-order valence-electron chi connectivity index (χ0n) is 8.09. The van der Waals surface area contributed by atoms with Gasteiger partial charge in [0.05, 0.1) is 5.41 Å². The van der Waals surface area contributed by atoms with Crippen LogP contribution in [0.15, 0.2) is 0 Å². The Morgan fingerprint density at radius 1 is 1.46 bits per heavy atom. The fourth-order valence-corrected chi connectivity index (χ4v) is 3.12. The number of hydrogen-bond acceptors (Lipinski definition) is 3. The molecular formula is C10H15NO2. The first-order valence-corrected chi connectivity index (χ1v) is 4.76. The second-order valence-electron chi connectivity index (χ2n) is 4.79. The summed E-state index contributed by atoms with van der Waals surface area (Å²) < 4.78 is 0. The van der Waals surface area contributed by atoms with E-state index in [-0.39, 0.29) is 22.9 Å². The SMILES string of the molecule is CC1(C)C2CCC1(CN)C(=O)C2=O. The molecular weight excluding hydrogens is 166 g/mol. The van der Waals surface area contributed by atoms with Gasteiger partial charge in [0.2, 0.25) is 11.6 Å². The topological polar surface area (TPSA) is 60.2 Å². The van der Waals surface area contributed by atoms with Crippen LogP contribution in [0, 0.1) is 16.7 Å². The molecule has 0 heterocycles. The molecule has 3 nitrogen and oxygen atoms in total. The Kier molecular flexibility index (Phi) is 1.51. The quantitative estimate of drug-likeness (QED) is 0.600. The minimum atomic E-state index is -0.533. The highest BCUT2D eigenvalue weighted by Gasteiger charge is 2.68. The van der Waals surface area contributed by atoms with E-state index < -0.39 is 5.41 Å². The lowest BCUT2D eigenvalue weighted by Gasteiger charge is -2.33. The van der Waals surface area contributed by atoms with Gasteiger partial charge in [0.25, 0.3) is 0 Å². The summed E-state index contributed by atoms with van der Waals surface area (Å²) in [5.41, 5.74) is 4.92. The van der Waals surface area contributed by atoms with Crippen molar-refractivity contribution in [1.29, 1.82) is 0 Å². The molecule has 0 aliphatic heterocycles. The van der Waals surface area contributed by atoms with Gasteiger partial charge in [-0.25, -0.2) is 0 Å². The number of ketones is 2. The molecule has 2 aliphatic rings. The van der Waals surface area contributed by atoms with Gasteiger partial charge in [-0.1, -0.05) is 13.8 Å². The van der Waals surface area contributed by atoms with Crippen molar-refractivity contribution in [3.8, 4) is 0 Å². The normalized spacial score (nSPS) is 41.6. The molecule has 0 aromatic carbocycles. The smallest absolute Gasteiger partial charge is 0.206 e. The third-order valence-corrected chi connectivity index (χ3v) is 4.29. The van der Waals surface area contributed by atoms with Gasteiger partial charge in [-0.3, -0.25) is 9.59 Å². The number of Topliss-reactive ketones (excluding diaryl/α,β-unsaturated/α-hetero) is 2. The van der Waals surface area contributed by atoms with Crippen molar-refractivity contribution >= 4 is 11.6 Å². The van der Waals surface area contributed by atoms with E-state index in [0.717, 1.165) is 12.8 Å². The molecule has 2 fully saturated rings. The van der Waals surface area contributed by atoms with Crippen molar-refractivity contribution in [3.63, 3.8) is 0 Å². The summed E-state index contributed by atoms with van der Waals surface area (Å²) in [6.45, 7) is 4.32. The van der Waals surface area contributed by atoms with E-state index in [2.05, 4.69) is 0 Å². The Bertz CT molecular complexity index is 295. The van der Waals surface area contributed by atoms with Crippen LogP contribution in [-0.2, 0) is 9.59 Å². The zero-order chi connectivity index (χ0) is 9.85. The van der Waals surface area contributed by atoms with Crippen LogP contribution >= 0.6 is 0 Å². The van der Waals surface area contributed by atoms with Crippen molar-refractivity contribution in [2.45, 2.75) is 26.7 Å². The number of carbonyl (C=O) groups excluding carboxylic acids is 2. The molecule has 2 aliphatic carbocycles. The van der Waals surface area contributed by atoms with Crippen LogP contribution in [0.1, 0.15) is 26.7 Å². The van der Waals surface area contributed by atoms with Gasteiger partial charge in [0.1, 0.15) is 0 Å². The van der Waals surface area contributed by atoms with Crippen LogP contribution in [-0.4, -0.2) is 18.1 Å². The number of carbonyl (C=O) groups is 2. The van der Waals surface area contributed by atoms with Crippen LogP contribution in [0.25, 0.3) is 0 Å². The number of nitrogens with two attached hydrogens (primary N) is 1. The van der Waals surface area contributed by atoms with E-state index in [9.17, 15) is 9.59 Å². The highest BCUT2D eigenvalue weighted by Crippen LogP contribution is 2.61. The van der Waals surface area contributed by atoms with Gasteiger partial charge in [-0.15, -0.1) is 0 Å². The van der Waals surface area contributed by atoms with E-state index in [1.54, 1.807) is 0 Å². The predicted octanol–water partition coefficient (Wildman–Crippen LogP) is 0.519. The van der Waals surface area contributed by atoms with Gasteiger partial charge in [-0.2, -0.15) is 0 Å². The Morgan fingerprint density at radius 2 is 2.08 bits per heavy atom. The lowest BCUT2D eigenvalue weighted by atomic mass is 9.69. The Morgan fingerprint density at radius 3 is 2.38 bits per heavy atom. The van der Waals surface area contributed by atoms with E-state index in [1.807, 2.05) is 13.8 Å². The summed E-state index contributed by atoms with van der Waals surface area (Å²) in [7, 11) is 0. The van der Waals surface area contributed by atoms with Gasteiger partial charge >= 0.3 is 0 Å². The second-order valence-corrected chi connectivity index (χ2v) is 4.79. The summed E-state index contributed by atoms with van der Waals surface area (Å²) in [6.07, 6.45) is 1.64. The highest BCUT2D eigenvalue weighted by atomic mass is 16.2. The van der Waals surface area contributed by atoms with Crippen molar-refractivity contribution in [3.05, 3.63) is 0 Å². The van der Waals surface area contributed by atoms with Gasteiger partial charge in [-0.05, 0) is 18.3 Å². The number of hydrogen-bond donors (Lipinski definition) is 1. The van der Waals surface area contributed by atoms with Crippen LogP contribution in [0.3, 0.4) is 0 Å². The van der Waals surface area contributed by atoms with Crippen LogP contribution in [0.5, 0.6) is 0 Å². The second kappa shape index (κ2) is 2.21. The summed E-state index contributed by atoms with van der Waals surface area (Å²) >= 11 is 0. The molecule has 2 rings (SSSR count). The van der Waals surface area contributed by atoms with Crippen molar-refractivity contribution in [2.24, 2.45) is 22.5 Å². The van der Waals surface area contributed by atoms with Crippen LogP contribution in [0.4, 0.5) is 0 Å². The number of fused-ring (bicyclic) bond motifs is 2. The molecule has 72 valence electrons. The lowest BCUT2D eigenvalue weighted by molar-refractivity contribution is -0.141. The average Bonchev–Trinajstić information content (AvgIpc) is 2.41. The molecule has 0 saturated heterocycles. The molecule has 0 aromatic rings. The molecule has 2 bridgehead atoms. The highest BCUT2D eigenvalue weighted by molar-refractivity contribution is 6.43. The minimum absolute atomic E-state index is 0.0662. The maximum atomic E-state index is 11.7. The molecule has 13 heavy (non-hydrogen) atoms. The third kappa shape index (κ3) is 0.702. The predicted molar refractivity (Wildman–Crippen MR) is 48.0 cm³/mol. The third-order valence-electron chi connectivity index (χ3n) is 4.29. The lowest BCUT2D eigenvalue weighted by Crippen LogP contribution is -2.43. The van der Waals surface area contributed by atoms with E-state index in [0.29, 0.717) is 6.54 Å². The molecule has 2 saturated carbocycles.